The van der Waals surface area contributed by atoms with Gasteiger partial charge in [-0.1, -0.05) is 6.08 Å². The lowest BCUT2D eigenvalue weighted by Gasteiger charge is -2.10. The maximum Gasteiger partial charge on any atom is 0.171 e. The Morgan fingerprint density at radius 2 is 2.06 bits per heavy atom. The summed E-state index contributed by atoms with van der Waals surface area (Å²) in [5.41, 5.74) is 1.33. The molecule has 0 radical (unpaired) electrons. The van der Waals surface area contributed by atoms with Crippen LogP contribution in [0.15, 0.2) is 30.7 Å². The molecule has 0 saturated heterocycles. The minimum absolute atomic E-state index is 0.755. The van der Waals surface area contributed by atoms with E-state index in [9.17, 15) is 0 Å². The van der Waals surface area contributed by atoms with Gasteiger partial charge in [0.05, 0.1) is 4.88 Å². The number of thiazole rings is 1. The van der Waals surface area contributed by atoms with Crippen LogP contribution in [-0.4, -0.2) is 28.0 Å². The van der Waals surface area contributed by atoms with Crippen LogP contribution < -0.4 is 5.32 Å². The molecule has 5 heteroatoms. The molecule has 3 heterocycles. The van der Waals surface area contributed by atoms with E-state index in [2.05, 4.69) is 26.3 Å². The van der Waals surface area contributed by atoms with E-state index in [0.717, 1.165) is 35.2 Å². The van der Waals surface area contributed by atoms with Crippen LogP contribution in [0.1, 0.15) is 11.4 Å². The van der Waals surface area contributed by atoms with Crippen LogP contribution in [0.3, 0.4) is 0 Å². The molecule has 2 aromatic rings. The molecule has 2 aromatic heterocycles. The third-order valence-electron chi connectivity index (χ3n) is 2.63. The van der Waals surface area contributed by atoms with E-state index < -0.39 is 0 Å². The summed E-state index contributed by atoms with van der Waals surface area (Å²) in [5, 5.41) is 4.39. The molecule has 0 fully saturated rings. The van der Waals surface area contributed by atoms with Crippen LogP contribution in [-0.2, 0) is 0 Å². The molecule has 3 rings (SSSR count). The van der Waals surface area contributed by atoms with E-state index >= 15 is 0 Å². The number of hydrogen-bond donors (Lipinski definition) is 1. The van der Waals surface area contributed by atoms with Crippen molar-refractivity contribution in [3.63, 3.8) is 0 Å². The number of aromatic nitrogens is 3. The minimum atomic E-state index is 0.755. The van der Waals surface area contributed by atoms with Crippen LogP contribution >= 0.6 is 11.3 Å². The van der Waals surface area contributed by atoms with Crippen molar-refractivity contribution < 1.29 is 0 Å². The first-order chi connectivity index (χ1) is 8.43. The lowest BCUT2D eigenvalue weighted by atomic mass is 10.1. The molecule has 17 heavy (non-hydrogen) atoms. The van der Waals surface area contributed by atoms with E-state index in [1.54, 1.807) is 23.7 Å². The summed E-state index contributed by atoms with van der Waals surface area (Å²) in [4.78, 5) is 14.0. The summed E-state index contributed by atoms with van der Waals surface area (Å²) < 4.78 is 0. The summed E-state index contributed by atoms with van der Waals surface area (Å²) in [7, 11) is 0. The molecule has 1 aliphatic rings. The standard InChI is InChI=1S/C12H12N4S/c1-4-14-11(15-5-1)10-8-16-12(17-10)9-2-6-13-7-3-9/h1-2,4-5,8,13H,3,6-7H2. The minimum Gasteiger partial charge on any atom is -0.313 e. The van der Waals surface area contributed by atoms with Gasteiger partial charge in [-0.2, -0.15) is 0 Å². The molecule has 4 nitrogen and oxygen atoms in total. The Hall–Kier alpha value is -1.59. The van der Waals surface area contributed by atoms with Gasteiger partial charge in [0.2, 0.25) is 0 Å². The molecule has 0 saturated carbocycles. The second-order valence-corrected chi connectivity index (χ2v) is 4.82. The molecule has 0 atom stereocenters. The maximum absolute atomic E-state index is 4.46. The van der Waals surface area contributed by atoms with Crippen LogP contribution in [0, 0.1) is 0 Å². The zero-order valence-corrected chi connectivity index (χ0v) is 10.1. The number of rotatable bonds is 2. The van der Waals surface area contributed by atoms with Crippen LogP contribution in [0.2, 0.25) is 0 Å². The van der Waals surface area contributed by atoms with Gasteiger partial charge in [-0.05, 0) is 24.6 Å². The Balaban J connectivity index is 1.90. The Morgan fingerprint density at radius 1 is 1.18 bits per heavy atom. The predicted molar refractivity (Wildman–Crippen MR) is 68.6 cm³/mol. The van der Waals surface area contributed by atoms with Gasteiger partial charge in [-0.25, -0.2) is 15.0 Å². The third kappa shape index (κ3) is 2.25. The van der Waals surface area contributed by atoms with Gasteiger partial charge >= 0.3 is 0 Å². The topological polar surface area (TPSA) is 50.7 Å². The first-order valence-corrected chi connectivity index (χ1v) is 6.38. The van der Waals surface area contributed by atoms with Crippen molar-refractivity contribution in [2.24, 2.45) is 0 Å². The van der Waals surface area contributed by atoms with Gasteiger partial charge in [0.1, 0.15) is 5.01 Å². The zero-order valence-electron chi connectivity index (χ0n) is 9.26. The third-order valence-corrected chi connectivity index (χ3v) is 3.70. The Morgan fingerprint density at radius 3 is 2.82 bits per heavy atom. The second kappa shape index (κ2) is 4.73. The molecule has 86 valence electrons. The fraction of sp³-hybridized carbons (Fsp3) is 0.250. The Bertz CT molecular complexity index is 532. The van der Waals surface area contributed by atoms with Crippen molar-refractivity contribution in [2.45, 2.75) is 6.42 Å². The fourth-order valence-electron chi connectivity index (χ4n) is 1.77. The Labute approximate surface area is 103 Å². The van der Waals surface area contributed by atoms with Gasteiger partial charge in [-0.3, -0.25) is 0 Å². The SMILES string of the molecule is C1=C(c2ncc(-c3ncccn3)s2)CCNC1. The maximum atomic E-state index is 4.46. The number of hydrogen-bond acceptors (Lipinski definition) is 5. The van der Waals surface area contributed by atoms with E-state index in [0.29, 0.717) is 0 Å². The van der Waals surface area contributed by atoms with Crippen molar-refractivity contribution in [1.82, 2.24) is 20.3 Å². The molecule has 0 spiro atoms. The first-order valence-electron chi connectivity index (χ1n) is 5.57. The molecular formula is C12H12N4S. The lowest BCUT2D eigenvalue weighted by Crippen LogP contribution is -2.19. The van der Waals surface area contributed by atoms with E-state index in [-0.39, 0.29) is 0 Å². The predicted octanol–water partition coefficient (Wildman–Crippen LogP) is 1.98. The van der Waals surface area contributed by atoms with Gasteiger partial charge in [0.25, 0.3) is 0 Å². The molecule has 0 amide bonds. The van der Waals surface area contributed by atoms with Crippen molar-refractivity contribution in [1.29, 1.82) is 0 Å². The average Bonchev–Trinajstić information content (AvgIpc) is 2.90. The van der Waals surface area contributed by atoms with Crippen molar-refractivity contribution in [3.8, 4) is 10.7 Å². The van der Waals surface area contributed by atoms with Crippen LogP contribution in [0.25, 0.3) is 16.3 Å². The molecule has 0 aliphatic carbocycles. The molecular weight excluding hydrogens is 232 g/mol. The molecule has 1 aliphatic heterocycles. The molecule has 0 bridgehead atoms. The average molecular weight is 244 g/mol. The highest BCUT2D eigenvalue weighted by molar-refractivity contribution is 7.16. The molecule has 0 aromatic carbocycles. The van der Waals surface area contributed by atoms with Gasteiger partial charge in [0, 0.05) is 25.1 Å². The van der Waals surface area contributed by atoms with Crippen LogP contribution in [0.5, 0.6) is 0 Å². The summed E-state index contributed by atoms with van der Waals surface area (Å²) in [6.07, 6.45) is 8.62. The number of nitrogens with one attached hydrogen (secondary N) is 1. The van der Waals surface area contributed by atoms with Gasteiger partial charge < -0.3 is 5.32 Å². The zero-order chi connectivity index (χ0) is 11.5. The monoisotopic (exact) mass is 244 g/mol. The quantitative estimate of drug-likeness (QED) is 0.877. The van der Waals surface area contributed by atoms with Crippen LogP contribution in [0.4, 0.5) is 0 Å². The highest BCUT2D eigenvalue weighted by Gasteiger charge is 2.11. The summed E-state index contributed by atoms with van der Waals surface area (Å²) in [6, 6.07) is 1.82. The Kier molecular flexibility index (Phi) is 2.94. The lowest BCUT2D eigenvalue weighted by molar-refractivity contribution is 0.738. The highest BCUT2D eigenvalue weighted by atomic mass is 32.1. The number of nitrogens with zero attached hydrogens (tertiary/aromatic N) is 3. The van der Waals surface area contributed by atoms with Crippen molar-refractivity contribution >= 4 is 16.9 Å². The van der Waals surface area contributed by atoms with E-state index in [1.165, 1.54) is 5.57 Å². The van der Waals surface area contributed by atoms with Gasteiger partial charge in [0.15, 0.2) is 5.82 Å². The molecule has 1 N–H and O–H groups in total. The van der Waals surface area contributed by atoms with E-state index in [4.69, 9.17) is 0 Å². The largest absolute Gasteiger partial charge is 0.313 e. The summed E-state index contributed by atoms with van der Waals surface area (Å²) in [5.74, 6) is 0.755. The highest BCUT2D eigenvalue weighted by Crippen LogP contribution is 2.29. The van der Waals surface area contributed by atoms with Crippen molar-refractivity contribution in [2.75, 3.05) is 13.1 Å². The second-order valence-electron chi connectivity index (χ2n) is 3.79. The molecule has 0 unspecified atom stereocenters. The summed E-state index contributed by atoms with van der Waals surface area (Å²) in [6.45, 7) is 1.97. The fourth-order valence-corrected chi connectivity index (χ4v) is 2.70. The van der Waals surface area contributed by atoms with E-state index in [1.807, 2.05) is 12.3 Å². The normalized spacial score (nSPS) is 15.6. The van der Waals surface area contributed by atoms with Crippen molar-refractivity contribution in [3.05, 3.63) is 35.7 Å². The smallest absolute Gasteiger partial charge is 0.171 e. The van der Waals surface area contributed by atoms with Gasteiger partial charge in [-0.15, -0.1) is 11.3 Å². The first kappa shape index (κ1) is 10.6. The summed E-state index contributed by atoms with van der Waals surface area (Å²) >= 11 is 1.66.